The van der Waals surface area contributed by atoms with Crippen LogP contribution in [0.15, 0.2) is 46.9 Å². The molecule has 0 unspecified atom stereocenters. The van der Waals surface area contributed by atoms with Gasteiger partial charge in [0.2, 0.25) is 0 Å². The topological polar surface area (TPSA) is 42.2 Å². The van der Waals surface area contributed by atoms with E-state index < -0.39 is 0 Å². The predicted octanol–water partition coefficient (Wildman–Crippen LogP) is 4.82. The number of benzene rings is 2. The van der Waals surface area contributed by atoms with Gasteiger partial charge in [-0.15, -0.1) is 0 Å². The average Bonchev–Trinajstić information content (AvgIpc) is 2.49. The Bertz CT molecular complexity index is 655. The Morgan fingerprint density at radius 1 is 1.05 bits per heavy atom. The molecule has 2 aromatic rings. The molecule has 0 amide bonds. The van der Waals surface area contributed by atoms with Crippen LogP contribution in [-0.2, 0) is 0 Å². The van der Waals surface area contributed by atoms with Crippen molar-refractivity contribution in [3.05, 3.63) is 57.5 Å². The van der Waals surface area contributed by atoms with Crippen molar-refractivity contribution in [2.75, 3.05) is 13.2 Å². The Balaban J connectivity index is 1.76. The third-order valence-corrected chi connectivity index (χ3v) is 3.56. The van der Waals surface area contributed by atoms with Crippen LogP contribution in [0.25, 0.3) is 0 Å². The molecule has 0 aliphatic carbocycles. The second-order valence-electron chi connectivity index (χ2n) is 4.23. The molecule has 0 aliphatic heterocycles. The summed E-state index contributed by atoms with van der Waals surface area (Å²) in [5, 5.41) is 9.61. The zero-order valence-electron chi connectivity index (χ0n) is 11.2. The number of nitrogens with zero attached hydrogens (tertiary/aromatic N) is 1. The highest BCUT2D eigenvalue weighted by Gasteiger charge is 2.03. The van der Waals surface area contributed by atoms with E-state index in [0.29, 0.717) is 29.5 Å². The van der Waals surface area contributed by atoms with Gasteiger partial charge in [0.05, 0.1) is 23.2 Å². The fraction of sp³-hybridized carbons (Fsp3) is 0.188. The van der Waals surface area contributed by atoms with E-state index in [1.54, 1.807) is 24.3 Å². The first-order valence-electron chi connectivity index (χ1n) is 6.40. The van der Waals surface area contributed by atoms with Crippen molar-refractivity contribution in [3.8, 4) is 17.6 Å². The molecule has 0 saturated carbocycles. The van der Waals surface area contributed by atoms with Gasteiger partial charge in [0.25, 0.3) is 0 Å². The van der Waals surface area contributed by atoms with Gasteiger partial charge in [-0.3, -0.25) is 0 Å². The predicted molar refractivity (Wildman–Crippen MR) is 85.9 cm³/mol. The third-order valence-electron chi connectivity index (χ3n) is 2.71. The smallest absolute Gasteiger partial charge is 0.137 e. The summed E-state index contributed by atoms with van der Waals surface area (Å²) < 4.78 is 12.0. The first kappa shape index (κ1) is 15.7. The lowest BCUT2D eigenvalue weighted by atomic mass is 10.2. The van der Waals surface area contributed by atoms with Gasteiger partial charge in [-0.05, 0) is 46.3 Å². The lowest BCUT2D eigenvalue weighted by Gasteiger charge is -2.10. The summed E-state index contributed by atoms with van der Waals surface area (Å²) in [7, 11) is 0. The van der Waals surface area contributed by atoms with E-state index in [1.165, 1.54) is 0 Å². The van der Waals surface area contributed by atoms with Crippen LogP contribution in [-0.4, -0.2) is 13.2 Å². The standard InChI is InChI=1S/C16H13BrClNO2/c17-14-10-13(18)6-7-16(14)21-9-3-8-20-15-5-2-1-4-12(15)11-19/h1-2,4-7,10H,3,8-9H2. The molecular formula is C16H13BrClNO2. The maximum Gasteiger partial charge on any atom is 0.137 e. The monoisotopic (exact) mass is 365 g/mol. The summed E-state index contributed by atoms with van der Waals surface area (Å²) in [5.41, 5.74) is 0.541. The molecule has 3 nitrogen and oxygen atoms in total. The van der Waals surface area contributed by atoms with Gasteiger partial charge in [0.1, 0.15) is 17.6 Å². The third kappa shape index (κ3) is 4.66. The highest BCUT2D eigenvalue weighted by atomic mass is 79.9. The first-order valence-corrected chi connectivity index (χ1v) is 7.57. The lowest BCUT2D eigenvalue weighted by molar-refractivity contribution is 0.246. The molecule has 21 heavy (non-hydrogen) atoms. The van der Waals surface area contributed by atoms with E-state index in [-0.39, 0.29) is 0 Å². The summed E-state index contributed by atoms with van der Waals surface area (Å²) in [4.78, 5) is 0. The van der Waals surface area contributed by atoms with Crippen molar-refractivity contribution < 1.29 is 9.47 Å². The molecule has 0 aliphatic rings. The molecule has 108 valence electrons. The van der Waals surface area contributed by atoms with Crippen molar-refractivity contribution in [2.45, 2.75) is 6.42 Å². The minimum Gasteiger partial charge on any atom is -0.492 e. The van der Waals surface area contributed by atoms with Gasteiger partial charge in [-0.2, -0.15) is 5.26 Å². The maximum absolute atomic E-state index is 8.95. The first-order chi connectivity index (χ1) is 10.2. The minimum atomic E-state index is 0.490. The van der Waals surface area contributed by atoms with E-state index in [0.717, 1.165) is 16.6 Å². The second kappa shape index (κ2) is 7.92. The number of halogens is 2. The van der Waals surface area contributed by atoms with E-state index in [1.807, 2.05) is 18.2 Å². The van der Waals surface area contributed by atoms with Crippen LogP contribution in [0.4, 0.5) is 0 Å². The lowest BCUT2D eigenvalue weighted by Crippen LogP contribution is -2.06. The highest BCUT2D eigenvalue weighted by molar-refractivity contribution is 9.10. The fourth-order valence-corrected chi connectivity index (χ4v) is 2.50. The van der Waals surface area contributed by atoms with E-state index >= 15 is 0 Å². The number of hydrogen-bond acceptors (Lipinski definition) is 3. The summed E-state index contributed by atoms with van der Waals surface area (Å²) in [5.74, 6) is 1.35. The quantitative estimate of drug-likeness (QED) is 0.688. The number of rotatable bonds is 6. The van der Waals surface area contributed by atoms with Crippen LogP contribution >= 0.6 is 27.5 Å². The molecule has 2 rings (SSSR count). The molecule has 0 spiro atoms. The van der Waals surface area contributed by atoms with Gasteiger partial charge in [-0.25, -0.2) is 0 Å². The molecule has 0 radical (unpaired) electrons. The van der Waals surface area contributed by atoms with Gasteiger partial charge in [0, 0.05) is 11.4 Å². The Hall–Kier alpha value is -1.70. The van der Waals surface area contributed by atoms with Crippen LogP contribution in [0, 0.1) is 11.3 Å². The number of ether oxygens (including phenoxy) is 2. The van der Waals surface area contributed by atoms with Crippen LogP contribution in [0.2, 0.25) is 5.02 Å². The van der Waals surface area contributed by atoms with Crippen molar-refractivity contribution >= 4 is 27.5 Å². The van der Waals surface area contributed by atoms with Crippen LogP contribution in [0.1, 0.15) is 12.0 Å². The Morgan fingerprint density at radius 2 is 1.76 bits per heavy atom. The number of para-hydroxylation sites is 1. The molecule has 0 aromatic heterocycles. The minimum absolute atomic E-state index is 0.490. The van der Waals surface area contributed by atoms with Gasteiger partial charge >= 0.3 is 0 Å². The van der Waals surface area contributed by atoms with Gasteiger partial charge < -0.3 is 9.47 Å². The SMILES string of the molecule is N#Cc1ccccc1OCCCOc1ccc(Cl)cc1Br. The molecule has 0 bridgehead atoms. The zero-order chi connectivity index (χ0) is 15.1. The molecule has 0 heterocycles. The Morgan fingerprint density at radius 3 is 2.48 bits per heavy atom. The van der Waals surface area contributed by atoms with Crippen molar-refractivity contribution in [2.24, 2.45) is 0 Å². The largest absolute Gasteiger partial charge is 0.492 e. The average molecular weight is 367 g/mol. The van der Waals surface area contributed by atoms with Crippen molar-refractivity contribution in [1.29, 1.82) is 5.26 Å². The highest BCUT2D eigenvalue weighted by Crippen LogP contribution is 2.28. The maximum atomic E-state index is 8.95. The van der Waals surface area contributed by atoms with Gasteiger partial charge in [-0.1, -0.05) is 23.7 Å². The normalized spacial score (nSPS) is 9.95. The second-order valence-corrected chi connectivity index (χ2v) is 5.52. The molecule has 0 saturated heterocycles. The Labute approximate surface area is 137 Å². The zero-order valence-corrected chi connectivity index (χ0v) is 13.5. The van der Waals surface area contributed by atoms with E-state index in [4.69, 9.17) is 26.3 Å². The molecular weight excluding hydrogens is 354 g/mol. The van der Waals surface area contributed by atoms with Crippen molar-refractivity contribution in [1.82, 2.24) is 0 Å². The number of nitriles is 1. The van der Waals surface area contributed by atoms with Crippen molar-refractivity contribution in [3.63, 3.8) is 0 Å². The summed E-state index contributed by atoms with van der Waals surface area (Å²) in [6.07, 6.45) is 0.717. The molecule has 5 heteroatoms. The Kier molecular flexibility index (Phi) is 5.91. The molecule has 0 N–H and O–H groups in total. The van der Waals surface area contributed by atoms with Crippen LogP contribution in [0.5, 0.6) is 11.5 Å². The van der Waals surface area contributed by atoms with E-state index in [9.17, 15) is 0 Å². The summed E-state index contributed by atoms with van der Waals surface area (Å²) in [6.45, 7) is 1.01. The molecule has 2 aromatic carbocycles. The number of hydrogen-bond donors (Lipinski definition) is 0. The summed E-state index contributed by atoms with van der Waals surface area (Å²) in [6, 6.07) is 14.7. The molecule has 0 fully saturated rings. The van der Waals surface area contributed by atoms with Crippen LogP contribution in [0.3, 0.4) is 0 Å². The molecule has 0 atom stereocenters. The van der Waals surface area contributed by atoms with E-state index in [2.05, 4.69) is 22.0 Å². The summed E-state index contributed by atoms with van der Waals surface area (Å²) >= 11 is 9.26. The fourth-order valence-electron chi connectivity index (χ4n) is 1.70. The van der Waals surface area contributed by atoms with Crippen LogP contribution < -0.4 is 9.47 Å². The van der Waals surface area contributed by atoms with Gasteiger partial charge in [0.15, 0.2) is 0 Å².